The molecule has 0 radical (unpaired) electrons. The third-order valence-electron chi connectivity index (χ3n) is 6.99. The summed E-state index contributed by atoms with van der Waals surface area (Å²) in [5.41, 5.74) is 1.86. The molecule has 1 aliphatic heterocycles. The molecule has 2 heterocycles. The van der Waals surface area contributed by atoms with Gasteiger partial charge < -0.3 is 10.1 Å². The van der Waals surface area contributed by atoms with Crippen LogP contribution in [0.1, 0.15) is 76.6 Å². The second kappa shape index (κ2) is 10.7. The number of pyridine rings is 1. The molecule has 0 bridgehead atoms. The van der Waals surface area contributed by atoms with Crippen LogP contribution in [0.4, 0.5) is 0 Å². The summed E-state index contributed by atoms with van der Waals surface area (Å²) in [6.45, 7) is 8.87. The SMILES string of the molecule is CC(C)(C)C(=O)N[C@@H](c1ccccn1)C1CCN(Cc2cccc(OC3CCCC3)c2)CC1. The number of nitrogens with zero attached hydrogens (tertiary/aromatic N) is 2. The van der Waals surface area contributed by atoms with Crippen LogP contribution in [-0.4, -0.2) is 35.0 Å². The first-order chi connectivity index (χ1) is 15.9. The van der Waals surface area contributed by atoms with Crippen molar-refractivity contribution in [3.8, 4) is 5.75 Å². The summed E-state index contributed by atoms with van der Waals surface area (Å²) in [6.07, 6.45) is 9.24. The fourth-order valence-corrected chi connectivity index (χ4v) is 4.97. The molecule has 4 rings (SSSR count). The molecule has 5 nitrogen and oxygen atoms in total. The minimum atomic E-state index is -0.417. The van der Waals surface area contributed by atoms with Gasteiger partial charge in [0.1, 0.15) is 5.75 Å². The molecular weight excluding hydrogens is 410 g/mol. The minimum Gasteiger partial charge on any atom is -0.490 e. The molecule has 1 saturated carbocycles. The largest absolute Gasteiger partial charge is 0.490 e. The zero-order chi connectivity index (χ0) is 23.3. The van der Waals surface area contributed by atoms with Crippen LogP contribution in [0.15, 0.2) is 48.7 Å². The lowest BCUT2D eigenvalue weighted by atomic mass is 9.85. The normalized spacial score (nSPS) is 19.4. The minimum absolute atomic E-state index is 0.0387. The van der Waals surface area contributed by atoms with Crippen molar-refractivity contribution >= 4 is 5.91 Å². The zero-order valence-corrected chi connectivity index (χ0v) is 20.4. The van der Waals surface area contributed by atoms with Gasteiger partial charge in [-0.15, -0.1) is 0 Å². The predicted octanol–water partition coefficient (Wildman–Crippen LogP) is 5.52. The first-order valence-corrected chi connectivity index (χ1v) is 12.6. The summed E-state index contributed by atoms with van der Waals surface area (Å²) in [7, 11) is 0. The fourth-order valence-electron chi connectivity index (χ4n) is 4.97. The van der Waals surface area contributed by atoms with E-state index in [-0.39, 0.29) is 11.9 Å². The maximum atomic E-state index is 12.8. The van der Waals surface area contributed by atoms with Crippen molar-refractivity contribution in [1.29, 1.82) is 0 Å². The second-order valence-electron chi connectivity index (χ2n) is 10.7. The molecule has 2 aliphatic rings. The van der Waals surface area contributed by atoms with Gasteiger partial charge in [-0.05, 0) is 87.4 Å². The summed E-state index contributed by atoms with van der Waals surface area (Å²) >= 11 is 0. The van der Waals surface area contributed by atoms with E-state index in [0.29, 0.717) is 12.0 Å². The number of ether oxygens (including phenoxy) is 1. The third kappa shape index (κ3) is 6.57. The number of piperidine rings is 1. The van der Waals surface area contributed by atoms with Crippen LogP contribution in [0.2, 0.25) is 0 Å². The molecule has 1 aliphatic carbocycles. The summed E-state index contributed by atoms with van der Waals surface area (Å²) in [4.78, 5) is 19.9. The highest BCUT2D eigenvalue weighted by molar-refractivity contribution is 5.81. The van der Waals surface area contributed by atoms with Crippen LogP contribution in [0, 0.1) is 11.3 Å². The first kappa shape index (κ1) is 23.7. The van der Waals surface area contributed by atoms with Crippen molar-refractivity contribution in [2.75, 3.05) is 13.1 Å². The number of aromatic nitrogens is 1. The third-order valence-corrected chi connectivity index (χ3v) is 6.99. The molecule has 1 aromatic carbocycles. The maximum absolute atomic E-state index is 12.8. The van der Waals surface area contributed by atoms with Crippen molar-refractivity contribution in [2.24, 2.45) is 11.3 Å². The Morgan fingerprint density at radius 1 is 1.09 bits per heavy atom. The van der Waals surface area contributed by atoms with Crippen molar-refractivity contribution < 1.29 is 9.53 Å². The van der Waals surface area contributed by atoms with Gasteiger partial charge in [-0.2, -0.15) is 0 Å². The molecule has 5 heteroatoms. The quantitative estimate of drug-likeness (QED) is 0.605. The smallest absolute Gasteiger partial charge is 0.225 e. The highest BCUT2D eigenvalue weighted by atomic mass is 16.5. The molecule has 2 fully saturated rings. The Labute approximate surface area is 198 Å². The Balaban J connectivity index is 1.36. The van der Waals surface area contributed by atoms with Gasteiger partial charge in [-0.25, -0.2) is 0 Å². The van der Waals surface area contributed by atoms with Crippen molar-refractivity contribution in [3.63, 3.8) is 0 Å². The van der Waals surface area contributed by atoms with Crippen molar-refractivity contribution in [2.45, 2.75) is 78.0 Å². The molecule has 178 valence electrons. The lowest BCUT2D eigenvalue weighted by Gasteiger charge is -2.37. The van der Waals surface area contributed by atoms with Gasteiger partial charge in [0.15, 0.2) is 0 Å². The Hall–Kier alpha value is -2.40. The van der Waals surface area contributed by atoms with E-state index in [1.807, 2.05) is 45.2 Å². The van der Waals surface area contributed by atoms with E-state index in [0.717, 1.165) is 43.9 Å². The number of carbonyl (C=O) groups is 1. The second-order valence-corrected chi connectivity index (χ2v) is 10.7. The zero-order valence-electron chi connectivity index (χ0n) is 20.4. The van der Waals surface area contributed by atoms with Crippen molar-refractivity contribution in [3.05, 3.63) is 59.9 Å². The number of carbonyl (C=O) groups excluding carboxylic acids is 1. The van der Waals surface area contributed by atoms with Crippen LogP contribution in [0.5, 0.6) is 5.75 Å². The van der Waals surface area contributed by atoms with Crippen LogP contribution in [0.3, 0.4) is 0 Å². The first-order valence-electron chi connectivity index (χ1n) is 12.6. The number of benzene rings is 1. The molecule has 0 unspecified atom stereocenters. The summed E-state index contributed by atoms with van der Waals surface area (Å²) in [5.74, 6) is 1.48. The van der Waals surface area contributed by atoms with Gasteiger partial charge in [0.05, 0.1) is 17.8 Å². The molecule has 33 heavy (non-hydrogen) atoms. The summed E-state index contributed by atoms with van der Waals surface area (Å²) in [5, 5.41) is 3.31. The maximum Gasteiger partial charge on any atom is 0.225 e. The average Bonchev–Trinajstić information content (AvgIpc) is 3.31. The van der Waals surface area contributed by atoms with Gasteiger partial charge in [0.25, 0.3) is 0 Å². The highest BCUT2D eigenvalue weighted by Gasteiger charge is 2.32. The number of likely N-dealkylation sites (tertiary alicyclic amines) is 1. The Kier molecular flexibility index (Phi) is 7.69. The number of hydrogen-bond donors (Lipinski definition) is 1. The van der Waals surface area contributed by atoms with E-state index in [1.165, 1.54) is 31.2 Å². The molecule has 1 amide bonds. The predicted molar refractivity (Wildman–Crippen MR) is 132 cm³/mol. The van der Waals surface area contributed by atoms with Gasteiger partial charge >= 0.3 is 0 Å². The molecule has 1 saturated heterocycles. The molecule has 0 spiro atoms. The fraction of sp³-hybridized carbons (Fsp3) is 0.571. The molecule has 1 aromatic heterocycles. The van der Waals surface area contributed by atoms with E-state index < -0.39 is 5.41 Å². The van der Waals surface area contributed by atoms with Crippen LogP contribution < -0.4 is 10.1 Å². The van der Waals surface area contributed by atoms with Crippen LogP contribution in [-0.2, 0) is 11.3 Å². The molecule has 2 aromatic rings. The topological polar surface area (TPSA) is 54.5 Å². The molecule has 1 atom stereocenters. The molecular formula is C28H39N3O2. The van der Waals surface area contributed by atoms with Gasteiger partial charge in [0.2, 0.25) is 5.91 Å². The summed E-state index contributed by atoms with van der Waals surface area (Å²) in [6, 6.07) is 14.6. The van der Waals surface area contributed by atoms with Crippen LogP contribution >= 0.6 is 0 Å². The standard InChI is InChI=1S/C28H39N3O2/c1-28(2,3)27(32)30-26(25-13-6-7-16-29-25)22-14-17-31(18-15-22)20-21-9-8-12-24(19-21)33-23-10-4-5-11-23/h6-9,12-13,16,19,22-23,26H,4-5,10-11,14-15,17-18,20H2,1-3H3,(H,30,32)/t26-/m1/s1. The van der Waals surface area contributed by atoms with Crippen molar-refractivity contribution in [1.82, 2.24) is 15.2 Å². The van der Waals surface area contributed by atoms with E-state index in [9.17, 15) is 4.79 Å². The Morgan fingerprint density at radius 2 is 1.85 bits per heavy atom. The van der Waals surface area contributed by atoms with Gasteiger partial charge in [-0.3, -0.25) is 14.7 Å². The van der Waals surface area contributed by atoms with Gasteiger partial charge in [0, 0.05) is 18.2 Å². The molecule has 1 N–H and O–H groups in total. The monoisotopic (exact) mass is 449 g/mol. The van der Waals surface area contributed by atoms with E-state index >= 15 is 0 Å². The van der Waals surface area contributed by atoms with E-state index in [4.69, 9.17) is 4.74 Å². The lowest BCUT2D eigenvalue weighted by molar-refractivity contribution is -0.129. The number of nitrogens with one attached hydrogen (secondary N) is 1. The number of rotatable bonds is 7. The summed E-state index contributed by atoms with van der Waals surface area (Å²) < 4.78 is 6.20. The van der Waals surface area contributed by atoms with E-state index in [2.05, 4.69) is 39.5 Å². The van der Waals surface area contributed by atoms with Crippen LogP contribution in [0.25, 0.3) is 0 Å². The Bertz CT molecular complexity index is 895. The number of hydrogen-bond acceptors (Lipinski definition) is 4. The lowest BCUT2D eigenvalue weighted by Crippen LogP contribution is -2.44. The average molecular weight is 450 g/mol. The highest BCUT2D eigenvalue weighted by Crippen LogP contribution is 2.32. The van der Waals surface area contributed by atoms with E-state index in [1.54, 1.807) is 0 Å². The Morgan fingerprint density at radius 3 is 2.52 bits per heavy atom. The van der Waals surface area contributed by atoms with Gasteiger partial charge in [-0.1, -0.05) is 39.0 Å². The number of amides is 1.